The van der Waals surface area contributed by atoms with Crippen LogP contribution in [0, 0.1) is 26.7 Å². The summed E-state index contributed by atoms with van der Waals surface area (Å²) in [5.41, 5.74) is 3.68. The van der Waals surface area contributed by atoms with Crippen LogP contribution in [-0.4, -0.2) is 23.4 Å². The van der Waals surface area contributed by atoms with Gasteiger partial charge in [-0.15, -0.1) is 0 Å². The first kappa shape index (κ1) is 17.1. The fourth-order valence-corrected chi connectivity index (χ4v) is 3.40. The predicted octanol–water partition coefficient (Wildman–Crippen LogP) is 1.91. The van der Waals surface area contributed by atoms with E-state index in [2.05, 4.69) is 5.32 Å². The maximum absolute atomic E-state index is 12.5. The monoisotopic (exact) mass is 315 g/mol. The molecule has 0 bridgehead atoms. The molecule has 5 heteroatoms. The SMILES string of the molecule is CC(=O)NC(=O)C1CC(=O)C(c2c(C)cc(C)cc2C)C(=O)C1. The van der Waals surface area contributed by atoms with Crippen molar-refractivity contribution in [2.45, 2.75) is 46.5 Å². The molecular formula is C18H21NO4. The third-order valence-electron chi connectivity index (χ3n) is 4.24. The van der Waals surface area contributed by atoms with Crippen LogP contribution in [0.25, 0.3) is 0 Å². The Morgan fingerprint density at radius 1 is 1.00 bits per heavy atom. The molecule has 1 saturated carbocycles. The molecule has 0 radical (unpaired) electrons. The maximum Gasteiger partial charge on any atom is 0.230 e. The van der Waals surface area contributed by atoms with Gasteiger partial charge in [-0.3, -0.25) is 24.5 Å². The second-order valence-corrected chi connectivity index (χ2v) is 6.33. The van der Waals surface area contributed by atoms with Gasteiger partial charge in [-0.05, 0) is 37.5 Å². The van der Waals surface area contributed by atoms with Crippen LogP contribution in [0.4, 0.5) is 0 Å². The Morgan fingerprint density at radius 2 is 1.48 bits per heavy atom. The van der Waals surface area contributed by atoms with Crippen molar-refractivity contribution >= 4 is 23.4 Å². The molecule has 122 valence electrons. The lowest BCUT2D eigenvalue weighted by atomic mass is 9.74. The summed E-state index contributed by atoms with van der Waals surface area (Å²) in [7, 11) is 0. The van der Waals surface area contributed by atoms with Crippen LogP contribution < -0.4 is 5.32 Å². The first-order valence-electron chi connectivity index (χ1n) is 7.65. The number of benzene rings is 1. The van der Waals surface area contributed by atoms with Crippen LogP contribution in [-0.2, 0) is 19.2 Å². The molecule has 1 aromatic carbocycles. The van der Waals surface area contributed by atoms with E-state index in [1.54, 1.807) is 0 Å². The molecule has 0 heterocycles. The third kappa shape index (κ3) is 3.55. The first-order chi connectivity index (χ1) is 10.7. The van der Waals surface area contributed by atoms with Gasteiger partial charge < -0.3 is 0 Å². The van der Waals surface area contributed by atoms with E-state index in [-0.39, 0.29) is 24.4 Å². The van der Waals surface area contributed by atoms with Crippen LogP contribution >= 0.6 is 0 Å². The Balaban J connectivity index is 2.29. The van der Waals surface area contributed by atoms with Gasteiger partial charge in [0, 0.05) is 19.8 Å². The van der Waals surface area contributed by atoms with Gasteiger partial charge in [0.2, 0.25) is 11.8 Å². The molecule has 2 rings (SSSR count). The highest BCUT2D eigenvalue weighted by Crippen LogP contribution is 2.34. The summed E-state index contributed by atoms with van der Waals surface area (Å²) in [6.45, 7) is 6.98. The van der Waals surface area contributed by atoms with E-state index in [1.807, 2.05) is 32.9 Å². The molecule has 23 heavy (non-hydrogen) atoms. The number of carbonyl (C=O) groups excluding carboxylic acids is 4. The summed E-state index contributed by atoms with van der Waals surface area (Å²) in [6.07, 6.45) is -0.0233. The lowest BCUT2D eigenvalue weighted by Crippen LogP contribution is -2.41. The van der Waals surface area contributed by atoms with Gasteiger partial charge in [0.1, 0.15) is 17.5 Å². The quantitative estimate of drug-likeness (QED) is 0.845. The van der Waals surface area contributed by atoms with Crippen LogP contribution in [0.15, 0.2) is 12.1 Å². The van der Waals surface area contributed by atoms with Gasteiger partial charge in [-0.25, -0.2) is 0 Å². The van der Waals surface area contributed by atoms with Crippen molar-refractivity contribution in [2.75, 3.05) is 0 Å². The van der Waals surface area contributed by atoms with Crippen LogP contribution in [0.5, 0.6) is 0 Å². The van der Waals surface area contributed by atoms with Crippen molar-refractivity contribution in [1.29, 1.82) is 0 Å². The molecule has 2 amide bonds. The molecule has 0 spiro atoms. The summed E-state index contributed by atoms with van der Waals surface area (Å²) in [6, 6.07) is 3.91. The molecule has 0 atom stereocenters. The highest BCUT2D eigenvalue weighted by molar-refractivity contribution is 6.13. The summed E-state index contributed by atoms with van der Waals surface area (Å²) in [4.78, 5) is 47.9. The lowest BCUT2D eigenvalue weighted by molar-refractivity contribution is -0.141. The molecule has 0 unspecified atom stereocenters. The zero-order valence-electron chi connectivity index (χ0n) is 13.9. The van der Waals surface area contributed by atoms with Gasteiger partial charge >= 0.3 is 0 Å². The number of hydrogen-bond acceptors (Lipinski definition) is 4. The topological polar surface area (TPSA) is 80.3 Å². The average molecular weight is 315 g/mol. The molecule has 1 N–H and O–H groups in total. The molecular weight excluding hydrogens is 294 g/mol. The minimum Gasteiger partial charge on any atom is -0.298 e. The van der Waals surface area contributed by atoms with E-state index >= 15 is 0 Å². The normalized spacial score (nSPS) is 21.2. The Labute approximate surface area is 135 Å². The molecule has 1 fully saturated rings. The number of amides is 2. The summed E-state index contributed by atoms with van der Waals surface area (Å²) in [5.74, 6) is -3.07. The summed E-state index contributed by atoms with van der Waals surface area (Å²) in [5, 5.41) is 2.16. The van der Waals surface area contributed by atoms with E-state index in [0.29, 0.717) is 0 Å². The minimum atomic E-state index is -0.794. The Morgan fingerprint density at radius 3 is 1.91 bits per heavy atom. The van der Waals surface area contributed by atoms with Gasteiger partial charge in [0.25, 0.3) is 0 Å². The van der Waals surface area contributed by atoms with E-state index in [9.17, 15) is 19.2 Å². The number of Topliss-reactive ketones (excluding diaryl/α,β-unsaturated/α-hetero) is 2. The Hall–Kier alpha value is -2.30. The molecule has 0 aliphatic heterocycles. The first-order valence-corrected chi connectivity index (χ1v) is 7.65. The third-order valence-corrected chi connectivity index (χ3v) is 4.24. The van der Waals surface area contributed by atoms with Gasteiger partial charge in [0.15, 0.2) is 0 Å². The predicted molar refractivity (Wildman–Crippen MR) is 85.0 cm³/mol. The van der Waals surface area contributed by atoms with E-state index in [1.165, 1.54) is 6.92 Å². The standard InChI is InChI=1S/C18H21NO4/c1-9-5-10(2)16(11(3)6-9)17-14(21)7-13(8-15(17)22)18(23)19-12(4)20/h5-6,13,17H,7-8H2,1-4H3,(H,19,20,23). The molecule has 0 saturated heterocycles. The van der Waals surface area contributed by atoms with Crippen molar-refractivity contribution in [3.05, 3.63) is 34.4 Å². The molecule has 5 nitrogen and oxygen atoms in total. The number of nitrogens with one attached hydrogen (secondary N) is 1. The zero-order valence-corrected chi connectivity index (χ0v) is 13.9. The number of hydrogen-bond donors (Lipinski definition) is 1. The summed E-state index contributed by atoms with van der Waals surface area (Å²) >= 11 is 0. The maximum atomic E-state index is 12.5. The second kappa shape index (κ2) is 6.44. The second-order valence-electron chi connectivity index (χ2n) is 6.33. The van der Waals surface area contributed by atoms with Crippen LogP contribution in [0.3, 0.4) is 0 Å². The van der Waals surface area contributed by atoms with Crippen molar-refractivity contribution in [2.24, 2.45) is 5.92 Å². The molecule has 1 aliphatic rings. The number of rotatable bonds is 2. The number of aryl methyl sites for hydroxylation is 3. The Bertz CT molecular complexity index is 664. The highest BCUT2D eigenvalue weighted by atomic mass is 16.2. The average Bonchev–Trinajstić information content (AvgIpc) is 2.39. The van der Waals surface area contributed by atoms with Crippen molar-refractivity contribution in [3.8, 4) is 0 Å². The van der Waals surface area contributed by atoms with Crippen LogP contribution in [0.1, 0.15) is 47.9 Å². The fourth-order valence-electron chi connectivity index (χ4n) is 3.40. The number of carbonyl (C=O) groups is 4. The molecule has 0 aromatic heterocycles. The zero-order chi connectivity index (χ0) is 17.3. The molecule has 1 aromatic rings. The van der Waals surface area contributed by atoms with Crippen molar-refractivity contribution in [3.63, 3.8) is 0 Å². The van der Waals surface area contributed by atoms with Crippen LogP contribution in [0.2, 0.25) is 0 Å². The van der Waals surface area contributed by atoms with Crippen molar-refractivity contribution in [1.82, 2.24) is 5.32 Å². The van der Waals surface area contributed by atoms with Crippen molar-refractivity contribution < 1.29 is 19.2 Å². The number of ketones is 2. The largest absolute Gasteiger partial charge is 0.298 e. The van der Waals surface area contributed by atoms with Gasteiger partial charge in [-0.2, -0.15) is 0 Å². The Kier molecular flexibility index (Phi) is 4.78. The van der Waals surface area contributed by atoms with E-state index < -0.39 is 23.7 Å². The van der Waals surface area contributed by atoms with Gasteiger partial charge in [-0.1, -0.05) is 17.7 Å². The summed E-state index contributed by atoms with van der Waals surface area (Å²) < 4.78 is 0. The fraction of sp³-hybridized carbons (Fsp3) is 0.444. The smallest absolute Gasteiger partial charge is 0.230 e. The van der Waals surface area contributed by atoms with E-state index in [0.717, 1.165) is 22.3 Å². The highest BCUT2D eigenvalue weighted by Gasteiger charge is 2.40. The molecule has 1 aliphatic carbocycles. The minimum absolute atomic E-state index is 0.0116. The lowest BCUT2D eigenvalue weighted by Gasteiger charge is -2.27. The van der Waals surface area contributed by atoms with Gasteiger partial charge in [0.05, 0.1) is 5.92 Å². The number of imide groups is 1. The van der Waals surface area contributed by atoms with E-state index in [4.69, 9.17) is 0 Å².